The smallest absolute Gasteiger partial charge is 0.119 e. The summed E-state index contributed by atoms with van der Waals surface area (Å²) in [5, 5.41) is 8.98. The first-order valence-corrected chi connectivity index (χ1v) is 8.25. The highest BCUT2D eigenvalue weighted by Gasteiger charge is 2.15. The fraction of sp³-hybridized carbons (Fsp3) is 0.588. The van der Waals surface area contributed by atoms with Crippen molar-refractivity contribution in [3.05, 3.63) is 28.2 Å². The van der Waals surface area contributed by atoms with E-state index in [-0.39, 0.29) is 11.5 Å². The lowest BCUT2D eigenvalue weighted by Gasteiger charge is -2.16. The summed E-state index contributed by atoms with van der Waals surface area (Å²) >= 11 is 3.56. The summed E-state index contributed by atoms with van der Waals surface area (Å²) in [4.78, 5) is 0. The molecule has 0 bridgehead atoms. The van der Waals surface area contributed by atoms with Gasteiger partial charge < -0.3 is 10.5 Å². The number of hydrogen-bond acceptors (Lipinski definition) is 3. The van der Waals surface area contributed by atoms with E-state index in [0.29, 0.717) is 6.61 Å². The van der Waals surface area contributed by atoms with Gasteiger partial charge in [-0.1, -0.05) is 22.9 Å². The van der Waals surface area contributed by atoms with Gasteiger partial charge in [-0.25, -0.2) is 0 Å². The van der Waals surface area contributed by atoms with Crippen LogP contribution in [0, 0.1) is 16.7 Å². The Balaban J connectivity index is 2.53. The lowest BCUT2D eigenvalue weighted by molar-refractivity contribution is 0.284. The van der Waals surface area contributed by atoms with Crippen LogP contribution in [0.1, 0.15) is 45.6 Å². The van der Waals surface area contributed by atoms with E-state index in [9.17, 15) is 0 Å². The first-order valence-electron chi connectivity index (χ1n) is 7.46. The Labute approximate surface area is 136 Å². The van der Waals surface area contributed by atoms with Gasteiger partial charge >= 0.3 is 0 Å². The summed E-state index contributed by atoms with van der Waals surface area (Å²) in [7, 11) is 0. The SMILES string of the molecule is CCC(N)Cc1cc(OCCCC(C)(C)C#N)ccc1Br. The van der Waals surface area contributed by atoms with Crippen molar-refractivity contribution in [3.8, 4) is 11.8 Å². The van der Waals surface area contributed by atoms with Crippen molar-refractivity contribution in [1.82, 2.24) is 0 Å². The van der Waals surface area contributed by atoms with E-state index < -0.39 is 0 Å². The predicted molar refractivity (Wildman–Crippen MR) is 90.2 cm³/mol. The number of benzene rings is 1. The first kappa shape index (κ1) is 18.0. The molecule has 1 atom stereocenters. The van der Waals surface area contributed by atoms with E-state index in [1.54, 1.807) is 0 Å². The number of ether oxygens (including phenoxy) is 1. The molecule has 0 aliphatic rings. The molecule has 1 rings (SSSR count). The second kappa shape index (κ2) is 8.41. The molecule has 0 aliphatic carbocycles. The molecule has 1 aromatic carbocycles. The lowest BCUT2D eigenvalue weighted by Crippen LogP contribution is -2.21. The van der Waals surface area contributed by atoms with Gasteiger partial charge in [0.25, 0.3) is 0 Å². The van der Waals surface area contributed by atoms with Crippen molar-refractivity contribution in [1.29, 1.82) is 5.26 Å². The monoisotopic (exact) mass is 352 g/mol. The van der Waals surface area contributed by atoms with Gasteiger partial charge in [0.1, 0.15) is 5.75 Å². The Hall–Kier alpha value is -1.05. The Morgan fingerprint density at radius 2 is 2.14 bits per heavy atom. The van der Waals surface area contributed by atoms with Gasteiger partial charge in [0, 0.05) is 10.5 Å². The molecule has 116 valence electrons. The lowest BCUT2D eigenvalue weighted by atomic mass is 9.90. The summed E-state index contributed by atoms with van der Waals surface area (Å²) < 4.78 is 6.86. The number of nitrogens with two attached hydrogens (primary N) is 1. The minimum absolute atomic E-state index is 0.174. The van der Waals surface area contributed by atoms with Gasteiger partial charge in [0.05, 0.1) is 18.1 Å². The van der Waals surface area contributed by atoms with Crippen molar-refractivity contribution < 1.29 is 4.74 Å². The zero-order valence-corrected chi connectivity index (χ0v) is 14.7. The Morgan fingerprint density at radius 1 is 1.43 bits per heavy atom. The maximum absolute atomic E-state index is 8.98. The van der Waals surface area contributed by atoms with E-state index in [2.05, 4.69) is 35.0 Å². The number of halogens is 1. The summed E-state index contributed by atoms with van der Waals surface area (Å²) in [6, 6.07) is 8.50. The predicted octanol–water partition coefficient (Wildman–Crippen LogP) is 4.44. The van der Waals surface area contributed by atoms with Crippen molar-refractivity contribution in [2.24, 2.45) is 11.1 Å². The van der Waals surface area contributed by atoms with Gasteiger partial charge in [-0.2, -0.15) is 5.26 Å². The van der Waals surface area contributed by atoms with Crippen LogP contribution in [0.15, 0.2) is 22.7 Å². The van der Waals surface area contributed by atoms with Gasteiger partial charge in [0.15, 0.2) is 0 Å². The molecule has 0 aromatic heterocycles. The third kappa shape index (κ3) is 6.50. The quantitative estimate of drug-likeness (QED) is 0.703. The van der Waals surface area contributed by atoms with E-state index in [4.69, 9.17) is 15.7 Å². The van der Waals surface area contributed by atoms with Crippen LogP contribution in [0.5, 0.6) is 5.75 Å². The third-order valence-electron chi connectivity index (χ3n) is 3.54. The van der Waals surface area contributed by atoms with Crippen molar-refractivity contribution >= 4 is 15.9 Å². The molecule has 0 amide bonds. The summed E-state index contributed by atoms with van der Waals surface area (Å²) in [6.45, 7) is 6.63. The second-order valence-electron chi connectivity index (χ2n) is 6.07. The highest BCUT2D eigenvalue weighted by molar-refractivity contribution is 9.10. The van der Waals surface area contributed by atoms with Crippen LogP contribution in [0.3, 0.4) is 0 Å². The van der Waals surface area contributed by atoms with Gasteiger partial charge in [-0.05, 0) is 63.3 Å². The third-order valence-corrected chi connectivity index (χ3v) is 4.31. The molecule has 2 N–H and O–H groups in total. The standard InChI is InChI=1S/C17H25BrN2O/c1-4-14(20)10-13-11-15(6-7-16(13)18)21-9-5-8-17(2,3)12-19/h6-7,11,14H,4-5,8-10,20H2,1-3H3. The molecule has 0 saturated carbocycles. The molecule has 1 aromatic rings. The second-order valence-corrected chi connectivity index (χ2v) is 6.93. The van der Waals surface area contributed by atoms with Crippen LogP contribution >= 0.6 is 15.9 Å². The average Bonchev–Trinajstić information content (AvgIpc) is 2.46. The molecule has 0 heterocycles. The maximum atomic E-state index is 8.98. The molecule has 0 spiro atoms. The Bertz CT molecular complexity index is 494. The topological polar surface area (TPSA) is 59.0 Å². The van der Waals surface area contributed by atoms with Crippen LogP contribution in [0.25, 0.3) is 0 Å². The van der Waals surface area contributed by atoms with Gasteiger partial charge in [-0.3, -0.25) is 0 Å². The number of hydrogen-bond donors (Lipinski definition) is 1. The van der Waals surface area contributed by atoms with E-state index >= 15 is 0 Å². The molecule has 4 heteroatoms. The number of nitriles is 1. The van der Waals surface area contributed by atoms with Crippen molar-refractivity contribution in [2.75, 3.05) is 6.61 Å². The molecule has 3 nitrogen and oxygen atoms in total. The molecule has 1 unspecified atom stereocenters. The minimum Gasteiger partial charge on any atom is -0.494 e. The summed E-state index contributed by atoms with van der Waals surface area (Å²) in [5.41, 5.74) is 6.92. The fourth-order valence-corrected chi connectivity index (χ4v) is 2.39. The van der Waals surface area contributed by atoms with Crippen LogP contribution < -0.4 is 10.5 Å². The van der Waals surface area contributed by atoms with E-state index in [0.717, 1.165) is 35.9 Å². The van der Waals surface area contributed by atoms with Crippen LogP contribution in [0.2, 0.25) is 0 Å². The Morgan fingerprint density at radius 3 is 2.76 bits per heavy atom. The highest BCUT2D eigenvalue weighted by atomic mass is 79.9. The molecule has 21 heavy (non-hydrogen) atoms. The molecule has 0 saturated heterocycles. The first-order chi connectivity index (χ1) is 9.88. The van der Waals surface area contributed by atoms with Crippen LogP contribution in [-0.4, -0.2) is 12.6 Å². The minimum atomic E-state index is -0.276. The maximum Gasteiger partial charge on any atom is 0.119 e. The average molecular weight is 353 g/mol. The van der Waals surface area contributed by atoms with Crippen LogP contribution in [0.4, 0.5) is 0 Å². The Kier molecular flexibility index (Phi) is 7.21. The normalized spacial score (nSPS) is 12.8. The van der Waals surface area contributed by atoms with Gasteiger partial charge in [0.2, 0.25) is 0 Å². The summed E-state index contributed by atoms with van der Waals surface area (Å²) in [5.74, 6) is 0.867. The van der Waals surface area contributed by atoms with E-state index in [1.807, 2.05) is 26.0 Å². The molecular weight excluding hydrogens is 328 g/mol. The molecule has 0 fully saturated rings. The van der Waals surface area contributed by atoms with Gasteiger partial charge in [-0.15, -0.1) is 0 Å². The zero-order chi connectivity index (χ0) is 15.9. The highest BCUT2D eigenvalue weighted by Crippen LogP contribution is 2.25. The van der Waals surface area contributed by atoms with Crippen molar-refractivity contribution in [2.45, 2.75) is 52.5 Å². The van der Waals surface area contributed by atoms with Crippen LogP contribution in [-0.2, 0) is 6.42 Å². The molecular formula is C17H25BrN2O. The molecule has 0 aliphatic heterocycles. The largest absolute Gasteiger partial charge is 0.494 e. The zero-order valence-electron chi connectivity index (χ0n) is 13.2. The van der Waals surface area contributed by atoms with E-state index in [1.165, 1.54) is 5.56 Å². The fourth-order valence-electron chi connectivity index (χ4n) is 1.98. The number of nitrogens with zero attached hydrogens (tertiary/aromatic N) is 1. The molecule has 0 radical (unpaired) electrons. The van der Waals surface area contributed by atoms with Crippen molar-refractivity contribution in [3.63, 3.8) is 0 Å². The number of rotatable bonds is 8. The summed E-state index contributed by atoms with van der Waals surface area (Å²) in [6.07, 6.45) is 3.52.